The number of fused-ring (bicyclic) bond motifs is 2. The van der Waals surface area contributed by atoms with Crippen molar-refractivity contribution in [3.05, 3.63) is 53.9 Å². The fraction of sp³-hybridized carbons (Fsp3) is 0.333. The molecule has 6 nitrogen and oxygen atoms in total. The summed E-state index contributed by atoms with van der Waals surface area (Å²) in [6.45, 7) is 2.97. The Morgan fingerprint density at radius 3 is 2.70 bits per heavy atom. The van der Waals surface area contributed by atoms with Gasteiger partial charge in [-0.3, -0.25) is 0 Å². The summed E-state index contributed by atoms with van der Waals surface area (Å²) >= 11 is 0. The third kappa shape index (κ3) is 4.75. The molecular weight excluding hydrogens is 435 g/mol. The largest absolute Gasteiger partial charge is 0.493 e. The second-order valence-corrected chi connectivity index (χ2v) is 7.57. The summed E-state index contributed by atoms with van der Waals surface area (Å²) in [4.78, 5) is 0. The highest BCUT2D eigenvalue weighted by atomic mass is 19.4. The van der Waals surface area contributed by atoms with E-state index >= 15 is 0 Å². The highest BCUT2D eigenvalue weighted by Gasteiger charge is 2.37. The molecule has 0 bridgehead atoms. The number of nitriles is 1. The maximum atomic E-state index is 13.1. The lowest BCUT2D eigenvalue weighted by molar-refractivity contribution is -0.141. The van der Waals surface area contributed by atoms with E-state index < -0.39 is 11.9 Å². The van der Waals surface area contributed by atoms with Crippen LogP contribution in [0.4, 0.5) is 13.2 Å². The van der Waals surface area contributed by atoms with Crippen LogP contribution in [-0.2, 0) is 19.1 Å². The van der Waals surface area contributed by atoms with Gasteiger partial charge in [-0.1, -0.05) is 18.5 Å². The van der Waals surface area contributed by atoms with Crippen molar-refractivity contribution in [3.63, 3.8) is 0 Å². The lowest BCUT2D eigenvalue weighted by Crippen LogP contribution is -2.07. The van der Waals surface area contributed by atoms with Crippen molar-refractivity contribution in [2.75, 3.05) is 13.2 Å². The van der Waals surface area contributed by atoms with Crippen molar-refractivity contribution < 1.29 is 27.2 Å². The van der Waals surface area contributed by atoms with E-state index in [-0.39, 0.29) is 11.0 Å². The third-order valence-corrected chi connectivity index (χ3v) is 5.27. The monoisotopic (exact) mass is 457 g/mol. The van der Waals surface area contributed by atoms with E-state index in [1.54, 1.807) is 6.07 Å². The molecule has 0 saturated heterocycles. The number of halogens is 3. The maximum absolute atomic E-state index is 13.1. The summed E-state index contributed by atoms with van der Waals surface area (Å²) < 4.78 is 58.0. The molecule has 0 fully saturated rings. The number of benzene rings is 2. The summed E-state index contributed by atoms with van der Waals surface area (Å²) in [6.07, 6.45) is -0.889. The van der Waals surface area contributed by atoms with Crippen molar-refractivity contribution >= 4 is 21.9 Å². The molecule has 0 aliphatic heterocycles. The number of hydrogen-bond acceptors (Lipinski definition) is 5. The molecule has 2 aromatic carbocycles. The zero-order chi connectivity index (χ0) is 23.4. The Balaban J connectivity index is 1.37. The van der Waals surface area contributed by atoms with Crippen LogP contribution in [0, 0.1) is 11.3 Å². The lowest BCUT2D eigenvalue weighted by atomic mass is 10.0. The molecule has 0 spiro atoms. The molecular formula is C24H22F3N3O3. The van der Waals surface area contributed by atoms with Gasteiger partial charge in [-0.15, -0.1) is 0 Å². The molecule has 0 N–H and O–H groups in total. The van der Waals surface area contributed by atoms with Crippen LogP contribution in [0.1, 0.15) is 31.0 Å². The fourth-order valence-electron chi connectivity index (χ4n) is 3.78. The Morgan fingerprint density at radius 1 is 1.12 bits per heavy atom. The van der Waals surface area contributed by atoms with Gasteiger partial charge < -0.3 is 18.6 Å². The quantitative estimate of drug-likeness (QED) is 0.283. The van der Waals surface area contributed by atoms with Gasteiger partial charge in [0.05, 0.1) is 24.7 Å². The molecule has 4 rings (SSSR count). The van der Waals surface area contributed by atoms with Gasteiger partial charge in [0, 0.05) is 29.1 Å². The van der Waals surface area contributed by atoms with Crippen molar-refractivity contribution in [1.29, 1.82) is 5.26 Å². The minimum atomic E-state index is -4.57. The number of aromatic nitrogens is 2. The SMILES string of the molecule is CCCc1c(OCCCOc2ccc3c(ccn3CC#N)c2)ccc2c(C(F)(F)F)noc12. The molecule has 2 aromatic heterocycles. The molecule has 0 atom stereocenters. The van der Waals surface area contributed by atoms with Crippen LogP contribution in [0.5, 0.6) is 11.5 Å². The Bertz CT molecular complexity index is 1300. The average Bonchev–Trinajstić information content (AvgIpc) is 3.39. The van der Waals surface area contributed by atoms with Gasteiger partial charge in [0.25, 0.3) is 0 Å². The molecule has 0 aliphatic rings. The Morgan fingerprint density at radius 2 is 1.94 bits per heavy atom. The van der Waals surface area contributed by atoms with Gasteiger partial charge in [0.15, 0.2) is 11.3 Å². The van der Waals surface area contributed by atoms with Gasteiger partial charge in [0.2, 0.25) is 0 Å². The zero-order valence-electron chi connectivity index (χ0n) is 18.0. The first-order valence-corrected chi connectivity index (χ1v) is 10.6. The Labute approximate surface area is 188 Å². The molecule has 4 aromatic rings. The highest BCUT2D eigenvalue weighted by Crippen LogP contribution is 2.38. The summed E-state index contributed by atoms with van der Waals surface area (Å²) in [5.74, 6) is 1.21. The maximum Gasteiger partial charge on any atom is 0.437 e. The van der Waals surface area contributed by atoms with Crippen LogP contribution in [-0.4, -0.2) is 22.9 Å². The Kier molecular flexibility index (Phi) is 6.45. The van der Waals surface area contributed by atoms with Crippen LogP contribution < -0.4 is 9.47 Å². The number of aryl methyl sites for hydroxylation is 1. The van der Waals surface area contributed by atoms with Gasteiger partial charge >= 0.3 is 6.18 Å². The van der Waals surface area contributed by atoms with Crippen LogP contribution in [0.15, 0.2) is 47.1 Å². The molecule has 0 radical (unpaired) electrons. The number of nitrogens with zero attached hydrogens (tertiary/aromatic N) is 3. The number of rotatable bonds is 9. The van der Waals surface area contributed by atoms with E-state index in [2.05, 4.69) is 11.2 Å². The van der Waals surface area contributed by atoms with Crippen molar-refractivity contribution in [2.24, 2.45) is 0 Å². The molecule has 0 aliphatic carbocycles. The summed E-state index contributed by atoms with van der Waals surface area (Å²) in [5, 5.41) is 13.0. The molecule has 33 heavy (non-hydrogen) atoms. The molecule has 0 unspecified atom stereocenters. The van der Waals surface area contributed by atoms with Crippen LogP contribution in [0.25, 0.3) is 21.9 Å². The van der Waals surface area contributed by atoms with E-state index in [9.17, 15) is 13.2 Å². The predicted octanol–water partition coefficient (Wildman–Crippen LogP) is 6.13. The van der Waals surface area contributed by atoms with Gasteiger partial charge in [-0.05, 0) is 42.8 Å². The first kappa shape index (κ1) is 22.5. The topological polar surface area (TPSA) is 73.2 Å². The van der Waals surface area contributed by atoms with Crippen molar-refractivity contribution in [2.45, 2.75) is 38.9 Å². The van der Waals surface area contributed by atoms with E-state index in [1.165, 1.54) is 6.07 Å². The summed E-state index contributed by atoms with van der Waals surface area (Å²) in [7, 11) is 0. The molecule has 172 valence electrons. The molecule has 0 saturated carbocycles. The van der Waals surface area contributed by atoms with E-state index in [4.69, 9.17) is 19.3 Å². The molecule has 2 heterocycles. The fourth-order valence-corrected chi connectivity index (χ4v) is 3.78. The zero-order valence-corrected chi connectivity index (χ0v) is 18.0. The van der Waals surface area contributed by atoms with Gasteiger partial charge in [0.1, 0.15) is 18.0 Å². The number of ether oxygens (including phenoxy) is 2. The summed E-state index contributed by atoms with van der Waals surface area (Å²) in [5.41, 5.74) is 0.655. The second-order valence-electron chi connectivity index (χ2n) is 7.57. The standard InChI is InChI=1S/C24H22F3N3O3/c1-2-4-18-21(8-6-19-22(18)33-29-23(19)24(25,26)27)32-14-3-13-31-17-5-7-20-16(15-17)9-11-30(20)12-10-28/h5-9,11,15H,2-4,12-14H2,1H3. The van der Waals surface area contributed by atoms with E-state index in [0.29, 0.717) is 49.7 Å². The van der Waals surface area contributed by atoms with Gasteiger partial charge in [-0.2, -0.15) is 18.4 Å². The molecule has 9 heteroatoms. The van der Waals surface area contributed by atoms with E-state index in [0.717, 1.165) is 17.3 Å². The normalized spacial score (nSPS) is 11.7. The third-order valence-electron chi connectivity index (χ3n) is 5.27. The number of hydrogen-bond donors (Lipinski definition) is 0. The predicted molar refractivity (Wildman–Crippen MR) is 116 cm³/mol. The first-order valence-electron chi connectivity index (χ1n) is 10.6. The van der Waals surface area contributed by atoms with Crippen LogP contribution in [0.2, 0.25) is 0 Å². The minimum Gasteiger partial charge on any atom is -0.493 e. The van der Waals surface area contributed by atoms with Gasteiger partial charge in [-0.25, -0.2) is 0 Å². The average molecular weight is 457 g/mol. The smallest absolute Gasteiger partial charge is 0.437 e. The van der Waals surface area contributed by atoms with Crippen LogP contribution >= 0.6 is 0 Å². The second kappa shape index (κ2) is 9.45. The minimum absolute atomic E-state index is 0.0550. The summed E-state index contributed by atoms with van der Waals surface area (Å²) in [6, 6.07) is 12.6. The van der Waals surface area contributed by atoms with E-state index in [1.807, 2.05) is 42.0 Å². The Hall–Kier alpha value is -3.67. The molecule has 0 amide bonds. The highest BCUT2D eigenvalue weighted by molar-refractivity contribution is 5.85. The number of alkyl halides is 3. The lowest BCUT2D eigenvalue weighted by Gasteiger charge is -2.12. The van der Waals surface area contributed by atoms with Crippen molar-refractivity contribution in [1.82, 2.24) is 9.72 Å². The first-order chi connectivity index (χ1) is 15.9. The van der Waals surface area contributed by atoms with Crippen LogP contribution in [0.3, 0.4) is 0 Å². The van der Waals surface area contributed by atoms with Crippen molar-refractivity contribution in [3.8, 4) is 17.6 Å².